The first kappa shape index (κ1) is 16.7. The number of aliphatic hydroxyl groups is 1. The molecule has 0 bridgehead atoms. The lowest BCUT2D eigenvalue weighted by molar-refractivity contribution is -0.154. The van der Waals surface area contributed by atoms with Gasteiger partial charge in [0.15, 0.2) is 0 Å². The molecule has 2 heterocycles. The first-order valence-electron chi connectivity index (χ1n) is 8.20. The van der Waals surface area contributed by atoms with E-state index in [2.05, 4.69) is 5.10 Å². The molecule has 6 heteroatoms. The highest BCUT2D eigenvalue weighted by molar-refractivity contribution is 5.76. The van der Waals surface area contributed by atoms with Crippen molar-refractivity contribution in [2.75, 3.05) is 13.7 Å². The summed E-state index contributed by atoms with van der Waals surface area (Å²) in [6.45, 7) is 3.28. The lowest BCUT2D eigenvalue weighted by atomic mass is 9.98. The zero-order valence-electron chi connectivity index (χ0n) is 14.1. The van der Waals surface area contributed by atoms with Gasteiger partial charge in [-0.3, -0.25) is 9.69 Å². The first-order chi connectivity index (χ1) is 11.6. The van der Waals surface area contributed by atoms with E-state index in [1.165, 1.54) is 7.11 Å². The van der Waals surface area contributed by atoms with Crippen molar-refractivity contribution in [1.82, 2.24) is 14.7 Å². The maximum absolute atomic E-state index is 12.0. The second-order valence-electron chi connectivity index (χ2n) is 6.17. The van der Waals surface area contributed by atoms with Crippen molar-refractivity contribution in [3.63, 3.8) is 0 Å². The summed E-state index contributed by atoms with van der Waals surface area (Å²) in [6.07, 6.45) is 2.79. The predicted octanol–water partition coefficient (Wildman–Crippen LogP) is 1.68. The molecule has 1 N–H and O–H groups in total. The Morgan fingerprint density at radius 2 is 2.12 bits per heavy atom. The molecule has 0 saturated carbocycles. The van der Waals surface area contributed by atoms with Crippen LogP contribution in [0.4, 0.5) is 0 Å². The van der Waals surface area contributed by atoms with Gasteiger partial charge in [-0.25, -0.2) is 4.68 Å². The number of esters is 1. The number of likely N-dealkylation sites (tertiary alicyclic amines) is 1. The SMILES string of the molecule is COC(=O)[C@H]1[C@H](O)CCCN1Cc1cn(-c2ccccc2)nc1C. The highest BCUT2D eigenvalue weighted by atomic mass is 16.5. The van der Waals surface area contributed by atoms with Gasteiger partial charge in [0, 0.05) is 18.3 Å². The second kappa shape index (κ2) is 7.15. The van der Waals surface area contributed by atoms with E-state index in [9.17, 15) is 9.90 Å². The Hall–Kier alpha value is -2.18. The molecule has 0 spiro atoms. The Morgan fingerprint density at radius 3 is 2.83 bits per heavy atom. The van der Waals surface area contributed by atoms with Gasteiger partial charge < -0.3 is 9.84 Å². The van der Waals surface area contributed by atoms with Crippen LogP contribution in [0.3, 0.4) is 0 Å². The summed E-state index contributed by atoms with van der Waals surface area (Å²) >= 11 is 0. The minimum Gasteiger partial charge on any atom is -0.468 e. The van der Waals surface area contributed by atoms with Gasteiger partial charge in [0.2, 0.25) is 0 Å². The molecule has 0 amide bonds. The lowest BCUT2D eigenvalue weighted by Crippen LogP contribution is -2.52. The van der Waals surface area contributed by atoms with Crippen LogP contribution in [0.15, 0.2) is 36.5 Å². The fourth-order valence-electron chi connectivity index (χ4n) is 3.23. The van der Waals surface area contributed by atoms with Gasteiger partial charge in [-0.2, -0.15) is 5.10 Å². The van der Waals surface area contributed by atoms with Crippen LogP contribution >= 0.6 is 0 Å². The molecule has 128 valence electrons. The van der Waals surface area contributed by atoms with Crippen molar-refractivity contribution >= 4 is 5.97 Å². The number of aromatic nitrogens is 2. The third kappa shape index (κ3) is 3.34. The number of hydrogen-bond acceptors (Lipinski definition) is 5. The minimum atomic E-state index is -0.685. The smallest absolute Gasteiger partial charge is 0.325 e. The Balaban J connectivity index is 1.82. The lowest BCUT2D eigenvalue weighted by Gasteiger charge is -2.36. The van der Waals surface area contributed by atoms with E-state index < -0.39 is 12.1 Å². The van der Waals surface area contributed by atoms with Crippen molar-refractivity contribution in [3.05, 3.63) is 47.8 Å². The molecule has 0 aliphatic carbocycles. The van der Waals surface area contributed by atoms with Crippen LogP contribution in [0.2, 0.25) is 0 Å². The average molecular weight is 329 g/mol. The van der Waals surface area contributed by atoms with E-state index in [1.807, 2.05) is 53.0 Å². The maximum Gasteiger partial charge on any atom is 0.325 e. The number of rotatable bonds is 4. The van der Waals surface area contributed by atoms with Crippen LogP contribution < -0.4 is 0 Å². The summed E-state index contributed by atoms with van der Waals surface area (Å²) in [4.78, 5) is 14.0. The number of aliphatic hydroxyl groups excluding tert-OH is 1. The van der Waals surface area contributed by atoms with Crippen molar-refractivity contribution in [2.24, 2.45) is 0 Å². The summed E-state index contributed by atoms with van der Waals surface area (Å²) in [5, 5.41) is 14.8. The fraction of sp³-hybridized carbons (Fsp3) is 0.444. The second-order valence-corrected chi connectivity index (χ2v) is 6.17. The quantitative estimate of drug-likeness (QED) is 0.865. The fourth-order valence-corrected chi connectivity index (χ4v) is 3.23. The van der Waals surface area contributed by atoms with Crippen LogP contribution in [-0.4, -0.2) is 51.6 Å². The molecule has 1 aliphatic rings. The van der Waals surface area contributed by atoms with E-state index in [0.717, 1.165) is 29.9 Å². The van der Waals surface area contributed by atoms with Gasteiger partial charge in [-0.15, -0.1) is 0 Å². The number of carbonyl (C=O) groups is 1. The van der Waals surface area contributed by atoms with Crippen LogP contribution in [0.1, 0.15) is 24.1 Å². The minimum absolute atomic E-state index is 0.379. The maximum atomic E-state index is 12.0. The molecule has 2 atom stereocenters. The van der Waals surface area contributed by atoms with Crippen LogP contribution in [0.25, 0.3) is 5.69 Å². The zero-order chi connectivity index (χ0) is 17.1. The number of benzene rings is 1. The van der Waals surface area contributed by atoms with E-state index in [0.29, 0.717) is 13.0 Å². The highest BCUT2D eigenvalue weighted by Gasteiger charge is 2.36. The van der Waals surface area contributed by atoms with Gasteiger partial charge in [0.25, 0.3) is 0 Å². The van der Waals surface area contributed by atoms with Gasteiger partial charge in [-0.1, -0.05) is 18.2 Å². The standard InChI is InChI=1S/C18H23N3O3/c1-13-14(12-21(19-13)15-7-4-3-5-8-15)11-20-10-6-9-16(22)17(20)18(23)24-2/h3-5,7-8,12,16-17,22H,6,9-11H2,1-2H3/t16-,17-/m1/s1. The largest absolute Gasteiger partial charge is 0.468 e. The van der Waals surface area contributed by atoms with E-state index in [4.69, 9.17) is 4.74 Å². The van der Waals surface area contributed by atoms with E-state index in [1.54, 1.807) is 0 Å². The molecular formula is C18H23N3O3. The molecular weight excluding hydrogens is 306 g/mol. The molecule has 1 fully saturated rings. The number of aryl methyl sites for hydroxylation is 1. The molecule has 1 aromatic carbocycles. The number of para-hydroxylation sites is 1. The van der Waals surface area contributed by atoms with Gasteiger partial charge in [0.05, 0.1) is 24.6 Å². The first-order valence-corrected chi connectivity index (χ1v) is 8.20. The summed E-state index contributed by atoms with van der Waals surface area (Å²) in [5.41, 5.74) is 2.96. The van der Waals surface area contributed by atoms with E-state index in [-0.39, 0.29) is 5.97 Å². The Morgan fingerprint density at radius 1 is 1.38 bits per heavy atom. The van der Waals surface area contributed by atoms with Crippen molar-refractivity contribution in [2.45, 2.75) is 38.5 Å². The number of methoxy groups -OCH3 is 1. The Labute approximate surface area is 141 Å². The van der Waals surface area contributed by atoms with Crippen LogP contribution in [-0.2, 0) is 16.1 Å². The summed E-state index contributed by atoms with van der Waals surface area (Å²) in [6, 6.07) is 9.30. The number of carbonyl (C=O) groups excluding carboxylic acids is 1. The summed E-state index contributed by atoms with van der Waals surface area (Å²) in [7, 11) is 1.36. The van der Waals surface area contributed by atoms with Crippen molar-refractivity contribution in [1.29, 1.82) is 0 Å². The molecule has 1 saturated heterocycles. The number of ether oxygens (including phenoxy) is 1. The Bertz CT molecular complexity index is 699. The van der Waals surface area contributed by atoms with Crippen LogP contribution in [0.5, 0.6) is 0 Å². The third-order valence-electron chi connectivity index (χ3n) is 4.54. The van der Waals surface area contributed by atoms with Crippen LogP contribution in [0, 0.1) is 6.92 Å². The van der Waals surface area contributed by atoms with Gasteiger partial charge in [0.1, 0.15) is 6.04 Å². The number of nitrogens with zero attached hydrogens (tertiary/aromatic N) is 3. The number of piperidine rings is 1. The molecule has 2 aromatic rings. The Kier molecular flexibility index (Phi) is 4.97. The monoisotopic (exact) mass is 329 g/mol. The van der Waals surface area contributed by atoms with E-state index >= 15 is 0 Å². The van der Waals surface area contributed by atoms with Gasteiger partial charge in [-0.05, 0) is 38.4 Å². The predicted molar refractivity (Wildman–Crippen MR) is 89.8 cm³/mol. The highest BCUT2D eigenvalue weighted by Crippen LogP contribution is 2.23. The van der Waals surface area contributed by atoms with Gasteiger partial charge >= 0.3 is 5.97 Å². The molecule has 0 unspecified atom stereocenters. The third-order valence-corrected chi connectivity index (χ3v) is 4.54. The molecule has 24 heavy (non-hydrogen) atoms. The summed E-state index contributed by atoms with van der Waals surface area (Å²) in [5.74, 6) is -0.379. The topological polar surface area (TPSA) is 67.6 Å². The molecule has 1 aliphatic heterocycles. The van der Waals surface area contributed by atoms with Crippen molar-refractivity contribution in [3.8, 4) is 5.69 Å². The summed E-state index contributed by atoms with van der Waals surface area (Å²) < 4.78 is 6.72. The molecule has 0 radical (unpaired) electrons. The average Bonchev–Trinajstić information content (AvgIpc) is 2.96. The zero-order valence-corrected chi connectivity index (χ0v) is 14.1. The molecule has 6 nitrogen and oxygen atoms in total. The number of hydrogen-bond donors (Lipinski definition) is 1. The normalized spacial score (nSPS) is 21.6. The molecule has 3 rings (SSSR count). The van der Waals surface area contributed by atoms with Crippen molar-refractivity contribution < 1.29 is 14.6 Å². The molecule has 1 aromatic heterocycles.